The third kappa shape index (κ3) is 2.94. The van der Waals surface area contributed by atoms with E-state index in [0.717, 1.165) is 5.56 Å². The van der Waals surface area contributed by atoms with Crippen LogP contribution in [-0.2, 0) is 14.8 Å². The van der Waals surface area contributed by atoms with E-state index in [1.54, 1.807) is 44.3 Å². The van der Waals surface area contributed by atoms with Crippen molar-refractivity contribution in [2.45, 2.75) is 24.8 Å². The number of ether oxygens (including phenoxy) is 1. The highest BCUT2D eigenvalue weighted by atomic mass is 32.2. The van der Waals surface area contributed by atoms with Gasteiger partial charge in [0.25, 0.3) is 15.9 Å². The molecule has 1 aliphatic heterocycles. The van der Waals surface area contributed by atoms with Crippen LogP contribution in [-0.4, -0.2) is 27.5 Å². The summed E-state index contributed by atoms with van der Waals surface area (Å²) < 4.78 is 33.1. The van der Waals surface area contributed by atoms with Gasteiger partial charge in [0.05, 0.1) is 16.3 Å². The minimum absolute atomic E-state index is 0.179. The van der Waals surface area contributed by atoms with E-state index in [9.17, 15) is 13.2 Å². The first-order valence-electron chi connectivity index (χ1n) is 7.46. The summed E-state index contributed by atoms with van der Waals surface area (Å²) in [6, 6.07) is 11.5. The minimum atomic E-state index is -3.70. The first-order chi connectivity index (χ1) is 11.3. The van der Waals surface area contributed by atoms with Crippen LogP contribution in [0.4, 0.5) is 11.4 Å². The molecule has 1 N–H and O–H groups in total. The van der Waals surface area contributed by atoms with Crippen LogP contribution in [0.25, 0.3) is 0 Å². The van der Waals surface area contributed by atoms with E-state index < -0.39 is 16.1 Å². The molecule has 1 atom stereocenters. The maximum absolute atomic E-state index is 12.5. The molecule has 0 saturated carbocycles. The summed E-state index contributed by atoms with van der Waals surface area (Å²) in [5.41, 5.74) is 1.76. The van der Waals surface area contributed by atoms with Crippen LogP contribution < -0.4 is 14.4 Å². The molecule has 0 aliphatic carbocycles. The Morgan fingerprint density at radius 3 is 2.62 bits per heavy atom. The lowest BCUT2D eigenvalue weighted by Gasteiger charge is -2.30. The van der Waals surface area contributed by atoms with Gasteiger partial charge < -0.3 is 9.64 Å². The number of hydrogen-bond acceptors (Lipinski definition) is 4. The number of anilines is 2. The van der Waals surface area contributed by atoms with Gasteiger partial charge in [-0.05, 0) is 49.7 Å². The standard InChI is InChI=1S/C17H18N2O4S/c1-11-5-4-6-14(9-11)24(21,22)18-13-7-8-16-15(10-13)19(3)17(20)12(2)23-16/h4-10,12,18H,1-3H3. The number of rotatable bonds is 3. The number of carbonyl (C=O) groups excluding carboxylic acids is 1. The summed E-state index contributed by atoms with van der Waals surface area (Å²) in [6.07, 6.45) is -0.558. The first-order valence-corrected chi connectivity index (χ1v) is 8.94. The smallest absolute Gasteiger partial charge is 0.267 e. The second kappa shape index (κ2) is 5.83. The Labute approximate surface area is 141 Å². The molecule has 7 heteroatoms. The molecular weight excluding hydrogens is 328 g/mol. The number of likely N-dealkylation sites (N-methyl/N-ethyl adjacent to an activating group) is 1. The number of hydrogen-bond donors (Lipinski definition) is 1. The number of sulfonamides is 1. The number of carbonyl (C=O) groups is 1. The van der Waals surface area contributed by atoms with E-state index in [4.69, 9.17) is 4.74 Å². The molecule has 1 heterocycles. The Hall–Kier alpha value is -2.54. The molecule has 1 aliphatic rings. The Kier molecular flexibility index (Phi) is 3.96. The van der Waals surface area contributed by atoms with Gasteiger partial charge in [-0.15, -0.1) is 0 Å². The molecule has 0 saturated heterocycles. The van der Waals surface area contributed by atoms with Gasteiger partial charge >= 0.3 is 0 Å². The third-order valence-electron chi connectivity index (χ3n) is 3.85. The molecule has 0 radical (unpaired) electrons. The fourth-order valence-corrected chi connectivity index (χ4v) is 3.73. The lowest BCUT2D eigenvalue weighted by Crippen LogP contribution is -2.41. The maximum atomic E-state index is 12.5. The highest BCUT2D eigenvalue weighted by Gasteiger charge is 2.29. The van der Waals surface area contributed by atoms with Crippen LogP contribution in [0.1, 0.15) is 12.5 Å². The number of aryl methyl sites for hydroxylation is 1. The predicted octanol–water partition coefficient (Wildman–Crippen LogP) is 2.54. The molecule has 3 rings (SSSR count). The molecule has 0 spiro atoms. The number of benzene rings is 2. The molecule has 1 unspecified atom stereocenters. The Bertz CT molecular complexity index is 909. The lowest BCUT2D eigenvalue weighted by atomic mass is 10.2. The summed E-state index contributed by atoms with van der Waals surface area (Å²) >= 11 is 0. The summed E-state index contributed by atoms with van der Waals surface area (Å²) in [5.74, 6) is 0.365. The van der Waals surface area contributed by atoms with Gasteiger partial charge in [-0.3, -0.25) is 9.52 Å². The lowest BCUT2D eigenvalue weighted by molar-refractivity contribution is -0.125. The topological polar surface area (TPSA) is 75.7 Å². The van der Waals surface area contributed by atoms with Gasteiger partial charge in [-0.2, -0.15) is 0 Å². The Morgan fingerprint density at radius 1 is 1.17 bits per heavy atom. The molecule has 126 valence electrons. The predicted molar refractivity (Wildman–Crippen MR) is 91.9 cm³/mol. The van der Waals surface area contributed by atoms with Crippen molar-refractivity contribution in [2.75, 3.05) is 16.7 Å². The van der Waals surface area contributed by atoms with E-state index in [-0.39, 0.29) is 10.8 Å². The van der Waals surface area contributed by atoms with Crippen LogP contribution in [0, 0.1) is 6.92 Å². The monoisotopic (exact) mass is 346 g/mol. The van der Waals surface area contributed by atoms with Gasteiger partial charge in [0, 0.05) is 7.05 Å². The fourth-order valence-electron chi connectivity index (χ4n) is 2.57. The van der Waals surface area contributed by atoms with Crippen molar-refractivity contribution in [2.24, 2.45) is 0 Å². The minimum Gasteiger partial charge on any atom is -0.479 e. The summed E-state index contributed by atoms with van der Waals surface area (Å²) in [4.78, 5) is 13.7. The van der Waals surface area contributed by atoms with E-state index >= 15 is 0 Å². The van der Waals surface area contributed by atoms with Crippen molar-refractivity contribution < 1.29 is 17.9 Å². The molecule has 2 aromatic carbocycles. The van der Waals surface area contributed by atoms with Crippen molar-refractivity contribution in [3.05, 3.63) is 48.0 Å². The van der Waals surface area contributed by atoms with Crippen LogP contribution in [0.2, 0.25) is 0 Å². The van der Waals surface area contributed by atoms with E-state index in [1.807, 2.05) is 13.0 Å². The van der Waals surface area contributed by atoms with E-state index in [1.165, 1.54) is 11.0 Å². The normalized spacial score (nSPS) is 17.2. The van der Waals surface area contributed by atoms with Gasteiger partial charge in [0.1, 0.15) is 5.75 Å². The Morgan fingerprint density at radius 2 is 1.92 bits per heavy atom. The summed E-state index contributed by atoms with van der Waals surface area (Å²) in [5, 5.41) is 0. The van der Waals surface area contributed by atoms with Crippen molar-refractivity contribution in [1.29, 1.82) is 0 Å². The van der Waals surface area contributed by atoms with E-state index in [2.05, 4.69) is 4.72 Å². The zero-order chi connectivity index (χ0) is 17.5. The molecule has 0 bridgehead atoms. The largest absolute Gasteiger partial charge is 0.479 e. The highest BCUT2D eigenvalue weighted by Crippen LogP contribution is 2.35. The van der Waals surface area contributed by atoms with Gasteiger partial charge in [-0.1, -0.05) is 12.1 Å². The number of amides is 1. The average Bonchev–Trinajstić information content (AvgIpc) is 2.53. The van der Waals surface area contributed by atoms with Crippen molar-refractivity contribution in [1.82, 2.24) is 0 Å². The molecule has 0 aromatic heterocycles. The number of nitrogens with one attached hydrogen (secondary N) is 1. The molecule has 1 amide bonds. The SMILES string of the molecule is Cc1cccc(S(=O)(=O)Nc2ccc3c(c2)N(C)C(=O)C(C)O3)c1. The third-order valence-corrected chi connectivity index (χ3v) is 5.23. The number of nitrogens with zero attached hydrogens (tertiary/aromatic N) is 1. The molecular formula is C17H18N2O4S. The van der Waals surface area contributed by atoms with Crippen LogP contribution >= 0.6 is 0 Å². The number of fused-ring (bicyclic) bond motifs is 1. The molecule has 24 heavy (non-hydrogen) atoms. The van der Waals surface area contributed by atoms with Gasteiger partial charge in [0.15, 0.2) is 6.10 Å². The second-order valence-corrected chi connectivity index (χ2v) is 7.44. The average molecular weight is 346 g/mol. The highest BCUT2D eigenvalue weighted by molar-refractivity contribution is 7.92. The molecule has 2 aromatic rings. The fraction of sp³-hybridized carbons (Fsp3) is 0.235. The maximum Gasteiger partial charge on any atom is 0.267 e. The van der Waals surface area contributed by atoms with E-state index in [0.29, 0.717) is 17.1 Å². The van der Waals surface area contributed by atoms with Crippen molar-refractivity contribution in [3.8, 4) is 5.75 Å². The zero-order valence-corrected chi connectivity index (χ0v) is 14.4. The van der Waals surface area contributed by atoms with Crippen LogP contribution in [0.5, 0.6) is 5.75 Å². The van der Waals surface area contributed by atoms with Gasteiger partial charge in [0.2, 0.25) is 0 Å². The second-order valence-electron chi connectivity index (χ2n) is 5.76. The first kappa shape index (κ1) is 16.3. The molecule has 0 fully saturated rings. The molecule has 6 nitrogen and oxygen atoms in total. The van der Waals surface area contributed by atoms with Crippen molar-refractivity contribution in [3.63, 3.8) is 0 Å². The zero-order valence-electron chi connectivity index (χ0n) is 13.6. The van der Waals surface area contributed by atoms with Crippen LogP contribution in [0.3, 0.4) is 0 Å². The van der Waals surface area contributed by atoms with Crippen LogP contribution in [0.15, 0.2) is 47.4 Å². The quantitative estimate of drug-likeness (QED) is 0.927. The van der Waals surface area contributed by atoms with Gasteiger partial charge in [-0.25, -0.2) is 8.42 Å². The summed E-state index contributed by atoms with van der Waals surface area (Å²) in [6.45, 7) is 3.51. The van der Waals surface area contributed by atoms with Crippen molar-refractivity contribution >= 4 is 27.3 Å². The Balaban J connectivity index is 1.93. The summed E-state index contributed by atoms with van der Waals surface area (Å²) in [7, 11) is -2.06.